The molecule has 3 saturated heterocycles. The van der Waals surface area contributed by atoms with Crippen molar-refractivity contribution in [1.82, 2.24) is 15.5 Å². The highest BCUT2D eigenvalue weighted by Gasteiger charge is 2.75. The number of aliphatic hydroxyl groups is 1. The molecule has 2 bridgehead atoms. The lowest BCUT2D eigenvalue weighted by Crippen LogP contribution is -2.59. The largest absolute Gasteiger partial charge is 0.394 e. The topological polar surface area (TPSA) is 108 Å². The minimum atomic E-state index is -1.00. The molecule has 0 aromatic rings. The van der Waals surface area contributed by atoms with E-state index >= 15 is 0 Å². The van der Waals surface area contributed by atoms with Crippen LogP contribution in [0.4, 0.5) is 0 Å². The highest BCUT2D eigenvalue weighted by atomic mass is 16.5. The van der Waals surface area contributed by atoms with Crippen LogP contribution >= 0.6 is 0 Å². The predicted octanol–water partition coefficient (Wildman–Crippen LogP) is 0.819. The number of nitrogens with zero attached hydrogens (tertiary/aromatic N) is 1. The average molecular weight is 424 g/mol. The fourth-order valence-electron chi connectivity index (χ4n) is 5.59. The summed E-state index contributed by atoms with van der Waals surface area (Å²) in [6.07, 6.45) is 2.44. The van der Waals surface area contributed by atoms with E-state index in [0.717, 1.165) is 12.8 Å². The van der Waals surface area contributed by atoms with Crippen LogP contribution in [-0.2, 0) is 19.1 Å². The Kier molecular flexibility index (Phi) is 6.77. The number of nitrogens with one attached hydrogen (secondary N) is 2. The summed E-state index contributed by atoms with van der Waals surface area (Å²) in [5, 5.41) is 16.0. The van der Waals surface area contributed by atoms with Gasteiger partial charge in [0.2, 0.25) is 17.7 Å². The van der Waals surface area contributed by atoms with Gasteiger partial charge in [-0.3, -0.25) is 14.4 Å². The molecule has 1 spiro atoms. The first kappa shape index (κ1) is 23.0. The van der Waals surface area contributed by atoms with Crippen molar-refractivity contribution in [3.05, 3.63) is 0 Å². The minimum absolute atomic E-state index is 0.00749. The number of ether oxygens (including phenoxy) is 1. The highest BCUT2D eigenvalue weighted by Crippen LogP contribution is 2.59. The van der Waals surface area contributed by atoms with Gasteiger partial charge in [-0.05, 0) is 39.0 Å². The number of aliphatic hydroxyl groups excluding tert-OH is 1. The Balaban J connectivity index is 2.03. The average Bonchev–Trinajstić information content (AvgIpc) is 3.33. The number of hydrogen-bond acceptors (Lipinski definition) is 5. The van der Waals surface area contributed by atoms with E-state index < -0.39 is 29.5 Å². The molecule has 0 radical (unpaired) electrons. The van der Waals surface area contributed by atoms with Gasteiger partial charge < -0.3 is 25.4 Å². The highest BCUT2D eigenvalue weighted by molar-refractivity contribution is 5.99. The van der Waals surface area contributed by atoms with Gasteiger partial charge in [-0.25, -0.2) is 0 Å². The summed E-state index contributed by atoms with van der Waals surface area (Å²) in [6, 6.07) is -1.42. The van der Waals surface area contributed by atoms with Gasteiger partial charge in [0.15, 0.2) is 0 Å². The Morgan fingerprint density at radius 3 is 2.53 bits per heavy atom. The molecule has 3 fully saturated rings. The number of likely N-dealkylation sites (tertiary alicyclic amines) is 1. The molecule has 0 saturated carbocycles. The molecule has 0 aromatic carbocycles. The molecule has 30 heavy (non-hydrogen) atoms. The zero-order valence-electron chi connectivity index (χ0n) is 18.8. The Bertz CT molecular complexity index is 684. The molecular weight excluding hydrogens is 386 g/mol. The van der Waals surface area contributed by atoms with E-state index in [1.807, 2.05) is 34.6 Å². The monoisotopic (exact) mass is 423 g/mol. The molecule has 7 atom stereocenters. The maximum atomic E-state index is 13.8. The molecule has 3 amide bonds. The van der Waals surface area contributed by atoms with Crippen LogP contribution < -0.4 is 10.6 Å². The smallest absolute Gasteiger partial charge is 0.246 e. The number of carbonyl (C=O) groups is 3. The van der Waals surface area contributed by atoms with E-state index in [1.54, 1.807) is 4.90 Å². The van der Waals surface area contributed by atoms with Gasteiger partial charge in [-0.2, -0.15) is 0 Å². The second kappa shape index (κ2) is 8.83. The quantitative estimate of drug-likeness (QED) is 0.509. The third-order valence-electron chi connectivity index (χ3n) is 7.11. The lowest BCUT2D eigenvalue weighted by Gasteiger charge is -2.39. The van der Waals surface area contributed by atoms with Gasteiger partial charge in [0.05, 0.1) is 30.6 Å². The van der Waals surface area contributed by atoms with Gasteiger partial charge in [-0.1, -0.05) is 27.2 Å². The molecule has 170 valence electrons. The second-order valence-corrected chi connectivity index (χ2v) is 9.39. The summed E-state index contributed by atoms with van der Waals surface area (Å²) in [5.74, 6) is -1.94. The van der Waals surface area contributed by atoms with Crippen LogP contribution in [-0.4, -0.2) is 70.7 Å². The predicted molar refractivity (Wildman–Crippen MR) is 111 cm³/mol. The van der Waals surface area contributed by atoms with Crippen molar-refractivity contribution < 1.29 is 24.2 Å². The lowest BCUT2D eigenvalue weighted by molar-refractivity contribution is -0.147. The molecular formula is C22H37N3O5. The normalized spacial score (nSPS) is 34.2. The van der Waals surface area contributed by atoms with E-state index in [2.05, 4.69) is 10.6 Å². The van der Waals surface area contributed by atoms with Crippen molar-refractivity contribution in [2.45, 2.75) is 90.1 Å². The van der Waals surface area contributed by atoms with Crippen LogP contribution in [0.3, 0.4) is 0 Å². The van der Waals surface area contributed by atoms with Crippen LogP contribution in [0.15, 0.2) is 0 Å². The summed E-state index contributed by atoms with van der Waals surface area (Å²) >= 11 is 0. The van der Waals surface area contributed by atoms with Crippen molar-refractivity contribution >= 4 is 17.7 Å². The molecule has 3 aliphatic rings. The standard InChI is InChI=1S/C22H37N3O5/c1-6-10-23-19(27)16-15-8-9-22(30-15)17(16)21(29)25(14(11-26)13(5)7-2)18(22)20(28)24-12(3)4/h12-18,26H,6-11H2,1-5H3,(H,23,27)(H,24,28)/t13-,14-,15+,16-,17-,18?,22?/m0/s1. The molecule has 3 aliphatic heterocycles. The Labute approximate surface area is 179 Å². The van der Waals surface area contributed by atoms with Gasteiger partial charge in [0.25, 0.3) is 0 Å². The molecule has 3 rings (SSSR count). The molecule has 8 heteroatoms. The fraction of sp³-hybridized carbons (Fsp3) is 0.864. The van der Waals surface area contributed by atoms with Crippen molar-refractivity contribution in [3.8, 4) is 0 Å². The van der Waals surface area contributed by atoms with E-state index in [-0.39, 0.29) is 42.4 Å². The van der Waals surface area contributed by atoms with Gasteiger partial charge in [-0.15, -0.1) is 0 Å². The van der Waals surface area contributed by atoms with E-state index in [0.29, 0.717) is 19.4 Å². The van der Waals surface area contributed by atoms with Crippen molar-refractivity contribution in [2.75, 3.05) is 13.2 Å². The maximum Gasteiger partial charge on any atom is 0.246 e. The SMILES string of the molecule is CCCNC(=O)[C@@H]1[C@H]2C(=O)N([C@@H](CO)[C@@H](C)CC)C(C(=O)NC(C)C)C23CC[C@H]1O3. The third-order valence-corrected chi connectivity index (χ3v) is 7.11. The third kappa shape index (κ3) is 3.51. The van der Waals surface area contributed by atoms with Crippen LogP contribution in [0.1, 0.15) is 60.3 Å². The van der Waals surface area contributed by atoms with Gasteiger partial charge in [0.1, 0.15) is 11.6 Å². The summed E-state index contributed by atoms with van der Waals surface area (Å²) in [5.41, 5.74) is -1.00. The molecule has 3 N–H and O–H groups in total. The van der Waals surface area contributed by atoms with Crippen molar-refractivity contribution in [1.29, 1.82) is 0 Å². The van der Waals surface area contributed by atoms with Crippen molar-refractivity contribution in [3.63, 3.8) is 0 Å². The summed E-state index contributed by atoms with van der Waals surface area (Å²) in [7, 11) is 0. The zero-order chi connectivity index (χ0) is 22.2. The summed E-state index contributed by atoms with van der Waals surface area (Å²) in [4.78, 5) is 41.6. The number of fused-ring (bicyclic) bond motifs is 1. The molecule has 0 aromatic heterocycles. The van der Waals surface area contributed by atoms with E-state index in [4.69, 9.17) is 4.74 Å². The van der Waals surface area contributed by atoms with Crippen molar-refractivity contribution in [2.24, 2.45) is 17.8 Å². The zero-order valence-corrected chi connectivity index (χ0v) is 18.8. The van der Waals surface area contributed by atoms with Gasteiger partial charge in [0, 0.05) is 12.6 Å². The van der Waals surface area contributed by atoms with Crippen LogP contribution in [0.2, 0.25) is 0 Å². The first-order valence-electron chi connectivity index (χ1n) is 11.4. The van der Waals surface area contributed by atoms with E-state index in [9.17, 15) is 19.5 Å². The number of carbonyl (C=O) groups excluding carboxylic acids is 3. The van der Waals surface area contributed by atoms with Gasteiger partial charge >= 0.3 is 0 Å². The van der Waals surface area contributed by atoms with E-state index in [1.165, 1.54) is 0 Å². The Morgan fingerprint density at radius 1 is 1.27 bits per heavy atom. The summed E-state index contributed by atoms with van der Waals surface area (Å²) < 4.78 is 6.36. The summed E-state index contributed by atoms with van der Waals surface area (Å²) in [6.45, 7) is 10.0. The molecule has 0 aliphatic carbocycles. The Hall–Kier alpha value is -1.67. The maximum absolute atomic E-state index is 13.8. The van der Waals surface area contributed by atoms with Crippen LogP contribution in [0, 0.1) is 17.8 Å². The fourth-order valence-corrected chi connectivity index (χ4v) is 5.59. The minimum Gasteiger partial charge on any atom is -0.394 e. The van der Waals surface area contributed by atoms with Crippen LogP contribution in [0.5, 0.6) is 0 Å². The first-order chi connectivity index (χ1) is 14.2. The number of hydrogen-bond donors (Lipinski definition) is 3. The lowest BCUT2D eigenvalue weighted by atomic mass is 9.70. The first-order valence-corrected chi connectivity index (χ1v) is 11.4. The molecule has 8 nitrogen and oxygen atoms in total. The number of amides is 3. The molecule has 2 unspecified atom stereocenters. The Morgan fingerprint density at radius 2 is 1.97 bits per heavy atom. The van der Waals surface area contributed by atoms with Crippen LogP contribution in [0.25, 0.3) is 0 Å². The number of rotatable bonds is 9. The second-order valence-electron chi connectivity index (χ2n) is 9.39. The molecule has 3 heterocycles.